The summed E-state index contributed by atoms with van der Waals surface area (Å²) in [6.07, 6.45) is 0. The fourth-order valence-electron chi connectivity index (χ4n) is 4.21. The standard InChI is InChI=1S/C20H23F2N3O3/c1-27-8-7-25-12-19(21)11-24(13-20(19,22)18(25)26)10-15-9-14-5-3-4-6-16(14)23-17(15)28-2/h3-6,9H,7-8,10-13H2,1-2H3/t19-,20+/m1/s1. The largest absolute Gasteiger partial charge is 0.481 e. The Morgan fingerprint density at radius 2 is 1.96 bits per heavy atom. The summed E-state index contributed by atoms with van der Waals surface area (Å²) in [5, 5.41) is 0.921. The van der Waals surface area contributed by atoms with Gasteiger partial charge in [0.1, 0.15) is 0 Å². The number of aromatic nitrogens is 1. The second-order valence-electron chi connectivity index (χ2n) is 7.48. The third kappa shape index (κ3) is 2.91. The molecule has 2 aromatic rings. The predicted octanol–water partition coefficient (Wildman–Crippen LogP) is 1.96. The molecule has 0 N–H and O–H groups in total. The fraction of sp³-hybridized carbons (Fsp3) is 0.500. The minimum atomic E-state index is -2.53. The number of rotatable bonds is 6. The molecule has 0 spiro atoms. The van der Waals surface area contributed by atoms with E-state index in [9.17, 15) is 4.79 Å². The van der Waals surface area contributed by atoms with E-state index in [1.807, 2.05) is 30.3 Å². The van der Waals surface area contributed by atoms with Crippen molar-refractivity contribution in [2.24, 2.45) is 0 Å². The lowest BCUT2D eigenvalue weighted by Crippen LogP contribution is -2.47. The van der Waals surface area contributed by atoms with Crippen LogP contribution in [0.25, 0.3) is 10.9 Å². The van der Waals surface area contributed by atoms with Crippen molar-refractivity contribution in [2.75, 3.05) is 47.0 Å². The Morgan fingerprint density at radius 1 is 1.18 bits per heavy atom. The summed E-state index contributed by atoms with van der Waals surface area (Å²) < 4.78 is 41.2. The van der Waals surface area contributed by atoms with Gasteiger partial charge in [-0.15, -0.1) is 0 Å². The zero-order valence-electron chi connectivity index (χ0n) is 16.0. The monoisotopic (exact) mass is 391 g/mol. The van der Waals surface area contributed by atoms with Crippen LogP contribution >= 0.6 is 0 Å². The Kier molecular flexibility index (Phi) is 4.71. The zero-order chi connectivity index (χ0) is 19.9. The highest BCUT2D eigenvalue weighted by Gasteiger charge is 2.70. The van der Waals surface area contributed by atoms with Gasteiger partial charge in [-0.1, -0.05) is 18.2 Å². The lowest BCUT2D eigenvalue weighted by Gasteiger charge is -2.22. The maximum absolute atomic E-state index is 15.4. The smallest absolute Gasteiger partial charge is 0.265 e. The topological polar surface area (TPSA) is 54.9 Å². The quantitative estimate of drug-likeness (QED) is 0.754. The average Bonchev–Trinajstić information content (AvgIpc) is 3.03. The second-order valence-corrected chi connectivity index (χ2v) is 7.48. The Hall–Kier alpha value is -2.32. The highest BCUT2D eigenvalue weighted by atomic mass is 19.2. The molecule has 6 nitrogen and oxygen atoms in total. The fourth-order valence-corrected chi connectivity index (χ4v) is 4.21. The van der Waals surface area contributed by atoms with Crippen LogP contribution in [0.1, 0.15) is 5.56 Å². The molecule has 0 saturated carbocycles. The second kappa shape index (κ2) is 6.93. The molecule has 1 aromatic heterocycles. The van der Waals surface area contributed by atoms with Crippen molar-refractivity contribution in [3.8, 4) is 5.88 Å². The molecular formula is C20H23F2N3O3. The molecule has 1 aromatic carbocycles. The number of para-hydroxylation sites is 1. The molecule has 150 valence electrons. The lowest BCUT2D eigenvalue weighted by molar-refractivity contribution is -0.139. The SMILES string of the molecule is COCCN1C[C@]2(F)CN(Cc3cc4ccccc4nc3OC)C[C@]2(F)C1=O. The van der Waals surface area contributed by atoms with Crippen molar-refractivity contribution < 1.29 is 23.0 Å². The van der Waals surface area contributed by atoms with E-state index >= 15 is 8.78 Å². The van der Waals surface area contributed by atoms with Gasteiger partial charge in [-0.2, -0.15) is 0 Å². The highest BCUT2D eigenvalue weighted by molar-refractivity contribution is 5.90. The number of hydrogen-bond donors (Lipinski definition) is 0. The minimum absolute atomic E-state index is 0.158. The van der Waals surface area contributed by atoms with E-state index in [2.05, 4.69) is 4.98 Å². The van der Waals surface area contributed by atoms with Crippen molar-refractivity contribution in [2.45, 2.75) is 17.9 Å². The maximum Gasteiger partial charge on any atom is 0.265 e. The van der Waals surface area contributed by atoms with Crippen LogP contribution in [0.4, 0.5) is 8.78 Å². The molecule has 2 saturated heterocycles. The number of amides is 1. The Bertz CT molecular complexity index is 911. The van der Waals surface area contributed by atoms with E-state index < -0.39 is 17.2 Å². The molecular weight excluding hydrogens is 368 g/mol. The van der Waals surface area contributed by atoms with Crippen molar-refractivity contribution in [3.05, 3.63) is 35.9 Å². The van der Waals surface area contributed by atoms with Crippen molar-refractivity contribution in [1.29, 1.82) is 0 Å². The number of ether oxygens (including phenoxy) is 2. The number of fused-ring (bicyclic) bond motifs is 2. The van der Waals surface area contributed by atoms with Crippen LogP contribution in [-0.4, -0.2) is 79.0 Å². The van der Waals surface area contributed by atoms with Gasteiger partial charge < -0.3 is 14.4 Å². The first-order chi connectivity index (χ1) is 13.4. The summed E-state index contributed by atoms with van der Waals surface area (Å²) in [7, 11) is 3.01. The van der Waals surface area contributed by atoms with Crippen LogP contribution in [0.3, 0.4) is 0 Å². The number of halogens is 2. The van der Waals surface area contributed by atoms with Gasteiger partial charge in [0.2, 0.25) is 11.5 Å². The summed E-state index contributed by atoms with van der Waals surface area (Å²) in [5.74, 6) is -0.372. The number of carbonyl (C=O) groups is 1. The molecule has 3 heterocycles. The van der Waals surface area contributed by atoms with Gasteiger partial charge in [-0.25, -0.2) is 13.8 Å². The number of nitrogens with zero attached hydrogens (tertiary/aromatic N) is 3. The predicted molar refractivity (Wildman–Crippen MR) is 99.7 cm³/mol. The number of benzene rings is 1. The van der Waals surface area contributed by atoms with E-state index in [1.54, 1.807) is 4.90 Å². The van der Waals surface area contributed by atoms with Gasteiger partial charge in [0.25, 0.3) is 5.91 Å². The molecule has 1 amide bonds. The summed E-state index contributed by atoms with van der Waals surface area (Å²) in [6, 6.07) is 9.51. The molecule has 4 rings (SSSR count). The molecule has 2 atom stereocenters. The van der Waals surface area contributed by atoms with E-state index in [-0.39, 0.29) is 39.3 Å². The normalized spacial score (nSPS) is 27.6. The lowest BCUT2D eigenvalue weighted by atomic mass is 9.93. The van der Waals surface area contributed by atoms with Gasteiger partial charge in [0, 0.05) is 44.2 Å². The average molecular weight is 391 g/mol. The minimum Gasteiger partial charge on any atom is -0.481 e. The van der Waals surface area contributed by atoms with Gasteiger partial charge >= 0.3 is 0 Å². The van der Waals surface area contributed by atoms with Crippen molar-refractivity contribution >= 4 is 16.8 Å². The van der Waals surface area contributed by atoms with Crippen LogP contribution in [0.15, 0.2) is 30.3 Å². The molecule has 2 aliphatic rings. The van der Waals surface area contributed by atoms with E-state index in [4.69, 9.17) is 9.47 Å². The van der Waals surface area contributed by atoms with E-state index in [0.29, 0.717) is 5.88 Å². The van der Waals surface area contributed by atoms with Crippen molar-refractivity contribution in [3.63, 3.8) is 0 Å². The summed E-state index contributed by atoms with van der Waals surface area (Å²) >= 11 is 0. The molecule has 0 radical (unpaired) electrons. The molecule has 0 unspecified atom stereocenters. The van der Waals surface area contributed by atoms with Crippen LogP contribution in [0.5, 0.6) is 5.88 Å². The summed E-state index contributed by atoms with van der Waals surface area (Å²) in [6.45, 7) is -0.00778. The van der Waals surface area contributed by atoms with Gasteiger partial charge in [-0.3, -0.25) is 9.69 Å². The van der Waals surface area contributed by atoms with Gasteiger partial charge in [0.05, 0.1) is 25.8 Å². The third-order valence-electron chi connectivity index (χ3n) is 5.61. The Balaban J connectivity index is 1.56. The van der Waals surface area contributed by atoms with E-state index in [1.165, 1.54) is 19.1 Å². The van der Waals surface area contributed by atoms with Gasteiger partial charge in [0.15, 0.2) is 5.67 Å². The first-order valence-electron chi connectivity index (χ1n) is 9.21. The Morgan fingerprint density at radius 3 is 2.68 bits per heavy atom. The molecule has 28 heavy (non-hydrogen) atoms. The maximum atomic E-state index is 15.4. The number of hydrogen-bond acceptors (Lipinski definition) is 5. The van der Waals surface area contributed by atoms with Gasteiger partial charge in [-0.05, 0) is 12.1 Å². The molecule has 8 heteroatoms. The number of methoxy groups -OCH3 is 2. The first-order valence-corrected chi connectivity index (χ1v) is 9.21. The molecule has 2 fully saturated rings. The molecule has 0 aliphatic carbocycles. The summed E-state index contributed by atoms with van der Waals surface area (Å²) in [5.41, 5.74) is -3.24. The number of likely N-dealkylation sites (tertiary alicyclic amines) is 2. The number of alkyl halides is 2. The first kappa shape index (κ1) is 19.0. The third-order valence-corrected chi connectivity index (χ3v) is 5.61. The zero-order valence-corrected chi connectivity index (χ0v) is 16.0. The number of pyridine rings is 1. The highest BCUT2D eigenvalue weighted by Crippen LogP contribution is 2.46. The summed E-state index contributed by atoms with van der Waals surface area (Å²) in [4.78, 5) is 19.8. The Labute approximate surface area is 162 Å². The van der Waals surface area contributed by atoms with Crippen molar-refractivity contribution in [1.82, 2.24) is 14.8 Å². The van der Waals surface area contributed by atoms with E-state index in [0.717, 1.165) is 16.5 Å². The van der Waals surface area contributed by atoms with Crippen LogP contribution in [-0.2, 0) is 16.1 Å². The van der Waals surface area contributed by atoms with Crippen LogP contribution in [0, 0.1) is 0 Å². The molecule has 0 bridgehead atoms. The van der Waals surface area contributed by atoms with Crippen LogP contribution < -0.4 is 4.74 Å². The molecule has 2 aliphatic heterocycles. The van der Waals surface area contributed by atoms with Crippen LogP contribution in [0.2, 0.25) is 0 Å². The number of carbonyl (C=O) groups excluding carboxylic acids is 1.